The molecule has 0 saturated heterocycles. The second-order valence-electron chi connectivity index (χ2n) is 25.0. The third-order valence-electron chi connectivity index (χ3n) is 17.8. The van der Waals surface area contributed by atoms with Crippen LogP contribution < -0.4 is 33.6 Å². The van der Waals surface area contributed by atoms with Crippen LogP contribution in [0.25, 0.3) is 65.0 Å². The number of carbonyl (C=O) groups is 3. The molecule has 0 aliphatic heterocycles. The molecule has 518 valence electrons. The number of aromatic nitrogens is 9. The Labute approximate surface area is 602 Å². The number of rotatable bonds is 17. The van der Waals surface area contributed by atoms with Crippen molar-refractivity contribution < 1.29 is 19.1 Å². The molecule has 0 unspecified atom stereocenters. The topological polar surface area (TPSA) is 305 Å². The maximum Gasteiger partial charge on any atom is 0.337 e. The molecule has 0 aliphatic rings. The summed E-state index contributed by atoms with van der Waals surface area (Å²) in [4.78, 5) is 76.6. The van der Waals surface area contributed by atoms with Gasteiger partial charge in [-0.05, 0) is 196 Å². The van der Waals surface area contributed by atoms with Crippen LogP contribution in [0.2, 0.25) is 0 Å². The lowest BCUT2D eigenvalue weighted by molar-refractivity contribution is 0.0600. The normalized spacial score (nSPS) is 10.9. The number of hydrogen-bond donors (Lipinski definition) is 6. The van der Waals surface area contributed by atoms with Crippen molar-refractivity contribution in [2.75, 3.05) is 24.3 Å². The van der Waals surface area contributed by atoms with Crippen LogP contribution in [0.3, 0.4) is 0 Å². The van der Waals surface area contributed by atoms with Crippen molar-refractivity contribution in [1.82, 2.24) is 55.5 Å². The lowest BCUT2D eigenvalue weighted by Gasteiger charge is -2.09. The van der Waals surface area contributed by atoms with Gasteiger partial charge in [-0.1, -0.05) is 93.6 Å². The van der Waals surface area contributed by atoms with E-state index in [1.807, 2.05) is 103 Å². The first kappa shape index (κ1) is 70.8. The molecule has 15 aromatic rings. The van der Waals surface area contributed by atoms with E-state index in [1.165, 1.54) is 7.11 Å². The SMILES string of the molecule is CCc1ccc2cc(Cc3cc(C(=O)NCc4ccc5c(N)nccc5c4)ccn3)ccc2n1.CCc1ccc2cc(Cc3cc(C(=O)NCc4ccc5c(N)nccc5c4)ccn3)ccc2n1.CCc1ccc2cc(Cc3cc(C(=O)OC)ccn3)ccc2n1.NCc1ccc2c(N)nccc2c1. The number of hydrogen-bond acceptors (Lipinski definition) is 17. The van der Waals surface area contributed by atoms with E-state index in [0.29, 0.717) is 73.0 Å². The molecule has 104 heavy (non-hydrogen) atoms. The van der Waals surface area contributed by atoms with E-state index in [9.17, 15) is 14.4 Å². The quantitative estimate of drug-likeness (QED) is 0.0462. The van der Waals surface area contributed by atoms with E-state index in [2.05, 4.69) is 149 Å². The predicted octanol–water partition coefficient (Wildman–Crippen LogP) is 14.5. The number of amides is 2. The van der Waals surface area contributed by atoms with Gasteiger partial charge in [-0.15, -0.1) is 0 Å². The maximum atomic E-state index is 12.8. The number of aryl methyl sites for hydroxylation is 3. The van der Waals surface area contributed by atoms with E-state index in [1.54, 1.807) is 61.4 Å². The van der Waals surface area contributed by atoms with Gasteiger partial charge < -0.3 is 38.3 Å². The standard InChI is InChI=1S/2C28H25N5O.C19H18N2O2.C10H11N3/c2*1-2-23-6-5-21-13-18(4-8-26(21)33-23)15-24-16-22(10-11-30-24)28(34)32-17-19-3-7-25-20(14-19)9-12-31-27(25)29;1-3-16-6-5-14-10-13(4-7-18(14)21-16)11-17-12-15(8-9-20-17)19(22)23-2;11-6-7-1-2-9-8(5-7)3-4-13-10(9)12/h2*3-14,16H,2,15,17H2,1H3,(H2,29,31)(H,32,34);4-10,12H,3,11H2,1-2H3;1-5H,6,11H2,(H2,12,13). The monoisotopic (exact) mass is 1370 g/mol. The minimum Gasteiger partial charge on any atom is -0.465 e. The lowest BCUT2D eigenvalue weighted by Crippen LogP contribution is -2.23. The van der Waals surface area contributed by atoms with Gasteiger partial charge in [-0.3, -0.25) is 39.5 Å². The molecule has 0 bridgehead atoms. The third kappa shape index (κ3) is 17.9. The van der Waals surface area contributed by atoms with Crippen molar-refractivity contribution in [1.29, 1.82) is 0 Å². The number of nitrogens with one attached hydrogen (secondary N) is 2. The smallest absolute Gasteiger partial charge is 0.337 e. The van der Waals surface area contributed by atoms with E-state index >= 15 is 0 Å². The van der Waals surface area contributed by atoms with Gasteiger partial charge in [-0.25, -0.2) is 19.7 Å². The number of nitrogen functional groups attached to an aromatic ring is 3. The Hall–Kier alpha value is -13.0. The minimum absolute atomic E-state index is 0.132. The molecule has 9 aromatic heterocycles. The van der Waals surface area contributed by atoms with Gasteiger partial charge >= 0.3 is 5.97 Å². The van der Waals surface area contributed by atoms with Gasteiger partial charge in [-0.2, -0.15) is 0 Å². The van der Waals surface area contributed by atoms with Gasteiger partial charge in [0.15, 0.2) is 0 Å². The van der Waals surface area contributed by atoms with Gasteiger partial charge in [0.05, 0.1) is 29.2 Å². The number of carbonyl (C=O) groups excluding carboxylic acids is 3. The second-order valence-corrected chi connectivity index (χ2v) is 25.0. The molecule has 15 rings (SSSR count). The predicted molar refractivity (Wildman–Crippen MR) is 415 cm³/mol. The Morgan fingerprint density at radius 2 is 0.654 bits per heavy atom. The summed E-state index contributed by atoms with van der Waals surface area (Å²) >= 11 is 0. The summed E-state index contributed by atoms with van der Waals surface area (Å²) < 4.78 is 4.75. The number of anilines is 3. The van der Waals surface area contributed by atoms with Crippen molar-refractivity contribution in [3.05, 3.63) is 322 Å². The first-order valence-electron chi connectivity index (χ1n) is 34.4. The van der Waals surface area contributed by atoms with Gasteiger partial charge in [0.25, 0.3) is 11.8 Å². The van der Waals surface area contributed by atoms with Gasteiger partial charge in [0, 0.05) is 154 Å². The Morgan fingerprint density at radius 1 is 0.337 bits per heavy atom. The fourth-order valence-corrected chi connectivity index (χ4v) is 12.1. The van der Waals surface area contributed by atoms with Crippen LogP contribution in [-0.4, -0.2) is 69.7 Å². The Morgan fingerprint density at radius 3 is 1.01 bits per heavy atom. The summed E-state index contributed by atoms with van der Waals surface area (Å²) in [6.07, 6.45) is 14.8. The summed E-state index contributed by atoms with van der Waals surface area (Å²) in [6.45, 7) is 7.71. The summed E-state index contributed by atoms with van der Waals surface area (Å²) in [6, 6.07) is 65.4. The summed E-state index contributed by atoms with van der Waals surface area (Å²) in [5, 5.41) is 15.2. The highest BCUT2D eigenvalue weighted by atomic mass is 16.5. The Bertz CT molecular complexity index is 5400. The number of ether oxygens (including phenoxy) is 1. The molecule has 10 N–H and O–H groups in total. The number of esters is 1. The Kier molecular flexibility index (Phi) is 22.8. The molecule has 2 amide bonds. The molecule has 0 atom stereocenters. The average Bonchev–Trinajstić information content (AvgIpc) is 0.843. The van der Waals surface area contributed by atoms with Crippen molar-refractivity contribution in [2.45, 2.75) is 78.9 Å². The van der Waals surface area contributed by atoms with E-state index < -0.39 is 0 Å². The third-order valence-corrected chi connectivity index (χ3v) is 17.8. The summed E-state index contributed by atoms with van der Waals surface area (Å²) in [5.41, 5.74) is 40.1. The fourth-order valence-electron chi connectivity index (χ4n) is 12.1. The van der Waals surface area contributed by atoms with Crippen LogP contribution in [0.4, 0.5) is 17.5 Å². The molecule has 6 aromatic carbocycles. The molecule has 0 saturated carbocycles. The number of nitrogens with two attached hydrogens (primary N) is 4. The molecule has 0 spiro atoms. The van der Waals surface area contributed by atoms with E-state index in [4.69, 9.17) is 27.7 Å². The molecular weight excluding hydrogens is 1300 g/mol. The zero-order chi connectivity index (χ0) is 72.5. The maximum absolute atomic E-state index is 12.8. The minimum atomic E-state index is -0.344. The molecule has 0 aliphatic carbocycles. The molecular formula is C85H79N15O4. The van der Waals surface area contributed by atoms with Crippen molar-refractivity contribution >= 4 is 100 Å². The average molecular weight is 1370 g/mol. The number of fused-ring (bicyclic) bond motifs is 6. The highest BCUT2D eigenvalue weighted by Gasteiger charge is 2.14. The highest BCUT2D eigenvalue weighted by molar-refractivity contribution is 5.96. The molecule has 0 fully saturated rings. The van der Waals surface area contributed by atoms with Gasteiger partial charge in [0.1, 0.15) is 17.5 Å². The number of benzene rings is 6. The van der Waals surface area contributed by atoms with Crippen molar-refractivity contribution in [3.63, 3.8) is 0 Å². The van der Waals surface area contributed by atoms with Crippen LogP contribution in [0, 0.1) is 0 Å². The van der Waals surface area contributed by atoms with Crippen LogP contribution in [-0.2, 0) is 62.9 Å². The lowest BCUT2D eigenvalue weighted by atomic mass is 10.0. The Balaban J connectivity index is 0.000000137. The highest BCUT2D eigenvalue weighted by Crippen LogP contribution is 2.26. The molecule has 9 heterocycles. The van der Waals surface area contributed by atoms with Crippen molar-refractivity contribution in [2.24, 2.45) is 5.73 Å². The first-order chi connectivity index (χ1) is 50.7. The molecule has 19 nitrogen and oxygen atoms in total. The largest absolute Gasteiger partial charge is 0.465 e. The number of nitrogens with zero attached hydrogens (tertiary/aromatic N) is 9. The van der Waals surface area contributed by atoms with E-state index in [0.717, 1.165) is 152 Å². The molecule has 19 heteroatoms. The first-order valence-corrected chi connectivity index (χ1v) is 34.4. The molecule has 0 radical (unpaired) electrons. The number of pyridine rings is 9. The zero-order valence-corrected chi connectivity index (χ0v) is 58.3. The fraction of sp³-hybridized carbons (Fsp3) is 0.153. The summed E-state index contributed by atoms with van der Waals surface area (Å²) in [7, 11) is 1.38. The van der Waals surface area contributed by atoms with Gasteiger partial charge in [0.2, 0.25) is 0 Å². The zero-order valence-electron chi connectivity index (χ0n) is 58.3. The number of methoxy groups -OCH3 is 1. The summed E-state index contributed by atoms with van der Waals surface area (Å²) in [5.74, 6) is 0.974. The van der Waals surface area contributed by atoms with Crippen LogP contribution in [0.5, 0.6) is 0 Å². The van der Waals surface area contributed by atoms with Crippen LogP contribution in [0.15, 0.2) is 237 Å². The van der Waals surface area contributed by atoms with Crippen molar-refractivity contribution in [3.8, 4) is 0 Å². The second kappa shape index (κ2) is 33.4. The van der Waals surface area contributed by atoms with Crippen LogP contribution >= 0.6 is 0 Å². The van der Waals surface area contributed by atoms with E-state index in [-0.39, 0.29) is 17.8 Å². The van der Waals surface area contributed by atoms with Crippen LogP contribution in [0.1, 0.15) is 119 Å².